The van der Waals surface area contributed by atoms with E-state index in [4.69, 9.17) is 0 Å². The summed E-state index contributed by atoms with van der Waals surface area (Å²) in [6.45, 7) is 2.25. The van der Waals surface area contributed by atoms with Crippen molar-refractivity contribution in [3.05, 3.63) is 65.0 Å². The van der Waals surface area contributed by atoms with E-state index in [1.807, 2.05) is 0 Å². The van der Waals surface area contributed by atoms with Crippen molar-refractivity contribution in [2.45, 2.75) is 25.2 Å². The van der Waals surface area contributed by atoms with Crippen LogP contribution in [-0.4, -0.2) is 17.6 Å². The van der Waals surface area contributed by atoms with Gasteiger partial charge in [0.05, 0.1) is 5.56 Å². The van der Waals surface area contributed by atoms with Gasteiger partial charge in [-0.1, -0.05) is 24.3 Å². The highest BCUT2D eigenvalue weighted by Gasteiger charge is 2.44. The first kappa shape index (κ1) is 14.6. The van der Waals surface area contributed by atoms with Crippen LogP contribution in [0.4, 0.5) is 4.39 Å². The molecule has 0 radical (unpaired) electrons. The van der Waals surface area contributed by atoms with Crippen molar-refractivity contribution in [2.75, 3.05) is 6.54 Å². The molecule has 114 valence electrons. The van der Waals surface area contributed by atoms with Crippen LogP contribution in [0.3, 0.4) is 0 Å². The Hall–Kier alpha value is -2.36. The van der Waals surface area contributed by atoms with Crippen LogP contribution in [0.15, 0.2) is 42.5 Å². The molecule has 4 heteroatoms. The van der Waals surface area contributed by atoms with E-state index < -0.39 is 0 Å². The first-order valence-corrected chi connectivity index (χ1v) is 7.35. The Kier molecular flexibility index (Phi) is 3.61. The van der Waals surface area contributed by atoms with E-state index >= 15 is 0 Å². The highest BCUT2D eigenvalue weighted by Crippen LogP contribution is 2.47. The molecule has 3 rings (SSSR count). The maximum atomic E-state index is 13.0. The average molecular weight is 299 g/mol. The first-order valence-electron chi connectivity index (χ1n) is 7.35. The van der Waals surface area contributed by atoms with Gasteiger partial charge in [-0.3, -0.25) is 4.79 Å². The summed E-state index contributed by atoms with van der Waals surface area (Å²) in [5.74, 6) is -0.519. The number of para-hydroxylation sites is 1. The lowest BCUT2D eigenvalue weighted by molar-refractivity contribution is 0.0947. The van der Waals surface area contributed by atoms with Crippen molar-refractivity contribution >= 4 is 5.91 Å². The van der Waals surface area contributed by atoms with Gasteiger partial charge in [0.1, 0.15) is 11.6 Å². The number of halogens is 1. The van der Waals surface area contributed by atoms with Gasteiger partial charge in [-0.05, 0) is 49.1 Å². The molecule has 2 aromatic rings. The molecule has 1 amide bonds. The molecule has 0 heterocycles. The maximum absolute atomic E-state index is 13.0. The SMILES string of the molecule is Cc1cccc(C(=O)NCC2(c3ccc(F)cc3)CC2)c1O. The van der Waals surface area contributed by atoms with Gasteiger partial charge in [-0.15, -0.1) is 0 Å². The molecule has 0 atom stereocenters. The fourth-order valence-corrected chi connectivity index (χ4v) is 2.71. The van der Waals surface area contributed by atoms with Gasteiger partial charge in [0.2, 0.25) is 0 Å². The maximum Gasteiger partial charge on any atom is 0.255 e. The van der Waals surface area contributed by atoms with Crippen LogP contribution < -0.4 is 5.32 Å². The molecule has 1 aliphatic carbocycles. The van der Waals surface area contributed by atoms with Gasteiger partial charge in [-0.2, -0.15) is 0 Å². The van der Waals surface area contributed by atoms with Crippen molar-refractivity contribution in [1.82, 2.24) is 5.32 Å². The molecule has 22 heavy (non-hydrogen) atoms. The molecule has 2 aromatic carbocycles. The van der Waals surface area contributed by atoms with Crippen molar-refractivity contribution in [2.24, 2.45) is 0 Å². The van der Waals surface area contributed by atoms with Gasteiger partial charge < -0.3 is 10.4 Å². The van der Waals surface area contributed by atoms with Crippen LogP contribution in [0, 0.1) is 12.7 Å². The summed E-state index contributed by atoms with van der Waals surface area (Å²) < 4.78 is 13.0. The molecule has 0 bridgehead atoms. The summed E-state index contributed by atoms with van der Waals surface area (Å²) in [6.07, 6.45) is 1.94. The number of carbonyl (C=O) groups excluding carboxylic acids is 1. The fraction of sp³-hybridized carbons (Fsp3) is 0.278. The molecule has 1 fully saturated rings. The number of amides is 1. The second-order valence-electron chi connectivity index (χ2n) is 5.94. The molecular formula is C18H18FNO2. The summed E-state index contributed by atoms with van der Waals surface area (Å²) in [4.78, 5) is 12.2. The zero-order chi connectivity index (χ0) is 15.7. The number of aromatic hydroxyl groups is 1. The van der Waals surface area contributed by atoms with E-state index in [0.717, 1.165) is 18.4 Å². The molecule has 2 N–H and O–H groups in total. The van der Waals surface area contributed by atoms with Crippen LogP contribution >= 0.6 is 0 Å². The molecule has 0 spiro atoms. The molecule has 1 aliphatic rings. The lowest BCUT2D eigenvalue weighted by Crippen LogP contribution is -2.32. The van der Waals surface area contributed by atoms with E-state index in [1.165, 1.54) is 12.1 Å². The predicted octanol–water partition coefficient (Wildman–Crippen LogP) is 3.30. The van der Waals surface area contributed by atoms with Crippen molar-refractivity contribution in [3.8, 4) is 5.75 Å². The monoisotopic (exact) mass is 299 g/mol. The van der Waals surface area contributed by atoms with Gasteiger partial charge in [0.25, 0.3) is 5.91 Å². The van der Waals surface area contributed by atoms with Gasteiger partial charge in [0, 0.05) is 12.0 Å². The molecular weight excluding hydrogens is 281 g/mol. The number of aryl methyl sites for hydroxylation is 1. The summed E-state index contributed by atoms with van der Waals surface area (Å²) in [6, 6.07) is 11.6. The van der Waals surface area contributed by atoms with Crippen molar-refractivity contribution in [1.29, 1.82) is 0 Å². The van der Waals surface area contributed by atoms with E-state index in [-0.39, 0.29) is 28.5 Å². The topological polar surface area (TPSA) is 49.3 Å². The second kappa shape index (κ2) is 5.44. The fourth-order valence-electron chi connectivity index (χ4n) is 2.71. The third kappa shape index (κ3) is 2.69. The Morgan fingerprint density at radius 3 is 2.55 bits per heavy atom. The van der Waals surface area contributed by atoms with Crippen LogP contribution in [0.2, 0.25) is 0 Å². The number of benzene rings is 2. The molecule has 0 aromatic heterocycles. The number of hydrogen-bond acceptors (Lipinski definition) is 2. The quantitative estimate of drug-likeness (QED) is 0.910. The van der Waals surface area contributed by atoms with Crippen LogP contribution in [0.1, 0.15) is 34.3 Å². The minimum absolute atomic E-state index is 0.0200. The van der Waals surface area contributed by atoms with E-state index in [2.05, 4.69) is 5.32 Å². The normalized spacial score (nSPS) is 15.4. The Labute approximate surface area is 128 Å². The van der Waals surface area contributed by atoms with Gasteiger partial charge in [0.15, 0.2) is 0 Å². The molecule has 0 saturated heterocycles. The van der Waals surface area contributed by atoms with Crippen LogP contribution in [0.25, 0.3) is 0 Å². The number of hydrogen-bond donors (Lipinski definition) is 2. The van der Waals surface area contributed by atoms with Gasteiger partial charge in [-0.25, -0.2) is 4.39 Å². The first-order chi connectivity index (χ1) is 10.5. The summed E-state index contributed by atoms with van der Waals surface area (Å²) in [7, 11) is 0. The number of nitrogens with one attached hydrogen (secondary N) is 1. The minimum Gasteiger partial charge on any atom is -0.507 e. The van der Waals surface area contributed by atoms with Crippen LogP contribution in [-0.2, 0) is 5.41 Å². The Bertz CT molecular complexity index is 706. The van der Waals surface area contributed by atoms with Crippen LogP contribution in [0.5, 0.6) is 5.75 Å². The third-order valence-corrected chi connectivity index (χ3v) is 4.38. The third-order valence-electron chi connectivity index (χ3n) is 4.38. The average Bonchev–Trinajstić information content (AvgIpc) is 3.29. The predicted molar refractivity (Wildman–Crippen MR) is 82.5 cm³/mol. The van der Waals surface area contributed by atoms with Gasteiger partial charge >= 0.3 is 0 Å². The number of phenolic OH excluding ortho intramolecular Hbond substituents is 1. The Balaban J connectivity index is 1.71. The highest BCUT2D eigenvalue weighted by atomic mass is 19.1. The summed E-state index contributed by atoms with van der Waals surface area (Å²) in [5.41, 5.74) is 1.91. The van der Waals surface area contributed by atoms with E-state index in [0.29, 0.717) is 12.1 Å². The van der Waals surface area contributed by atoms with Crippen molar-refractivity contribution in [3.63, 3.8) is 0 Å². The van der Waals surface area contributed by atoms with Crippen molar-refractivity contribution < 1.29 is 14.3 Å². The largest absolute Gasteiger partial charge is 0.507 e. The Morgan fingerprint density at radius 2 is 1.91 bits per heavy atom. The lowest BCUT2D eigenvalue weighted by atomic mass is 9.95. The number of rotatable bonds is 4. The molecule has 0 aliphatic heterocycles. The number of phenols is 1. The standard InChI is InChI=1S/C18H18FNO2/c1-12-3-2-4-15(16(12)21)17(22)20-11-18(9-10-18)13-5-7-14(19)8-6-13/h2-8,21H,9-11H2,1H3,(H,20,22). The minimum atomic E-state index is -0.283. The molecule has 3 nitrogen and oxygen atoms in total. The van der Waals surface area contributed by atoms with E-state index in [9.17, 15) is 14.3 Å². The Morgan fingerprint density at radius 1 is 1.23 bits per heavy atom. The zero-order valence-electron chi connectivity index (χ0n) is 12.4. The summed E-state index contributed by atoms with van der Waals surface area (Å²) >= 11 is 0. The molecule has 0 unspecified atom stereocenters. The number of carbonyl (C=O) groups is 1. The second-order valence-corrected chi connectivity index (χ2v) is 5.94. The lowest BCUT2D eigenvalue weighted by Gasteiger charge is -2.17. The summed E-state index contributed by atoms with van der Waals surface area (Å²) in [5, 5.41) is 12.8. The highest BCUT2D eigenvalue weighted by molar-refractivity contribution is 5.97. The smallest absolute Gasteiger partial charge is 0.255 e. The van der Waals surface area contributed by atoms with E-state index in [1.54, 1.807) is 37.3 Å². The molecule has 1 saturated carbocycles. The zero-order valence-corrected chi connectivity index (χ0v) is 12.4.